The van der Waals surface area contributed by atoms with Crippen LogP contribution in [0.2, 0.25) is 0 Å². The van der Waals surface area contributed by atoms with Crippen molar-refractivity contribution in [3.05, 3.63) is 75.5 Å². The van der Waals surface area contributed by atoms with Crippen molar-refractivity contribution in [2.45, 2.75) is 18.5 Å². The second kappa shape index (κ2) is 9.54. The highest BCUT2D eigenvalue weighted by Crippen LogP contribution is 2.46. The largest absolute Gasteiger partial charge is 0.496 e. The van der Waals surface area contributed by atoms with Gasteiger partial charge in [0.2, 0.25) is 5.91 Å². The minimum absolute atomic E-state index is 0.168. The van der Waals surface area contributed by atoms with Crippen molar-refractivity contribution in [1.82, 2.24) is 10.2 Å². The van der Waals surface area contributed by atoms with E-state index < -0.39 is 12.0 Å². The molecule has 0 aliphatic carbocycles. The number of benzene rings is 2. The zero-order valence-corrected chi connectivity index (χ0v) is 19.8. The molecule has 33 heavy (non-hydrogen) atoms. The van der Waals surface area contributed by atoms with E-state index in [4.69, 9.17) is 14.2 Å². The van der Waals surface area contributed by atoms with Crippen LogP contribution in [0.15, 0.2) is 53.9 Å². The Balaban J connectivity index is 1.77. The molecule has 0 saturated heterocycles. The highest BCUT2D eigenvalue weighted by Gasteiger charge is 2.44. The number of methoxy groups -OCH3 is 3. The van der Waals surface area contributed by atoms with Crippen molar-refractivity contribution in [2.24, 2.45) is 0 Å². The second-order valence-corrected chi connectivity index (χ2v) is 8.66. The van der Waals surface area contributed by atoms with E-state index in [-0.39, 0.29) is 11.8 Å². The third kappa shape index (κ3) is 4.14. The van der Waals surface area contributed by atoms with Gasteiger partial charge in [-0.3, -0.25) is 9.59 Å². The van der Waals surface area contributed by atoms with Crippen LogP contribution in [0.4, 0.5) is 0 Å². The summed E-state index contributed by atoms with van der Waals surface area (Å²) in [6.07, 6.45) is 0. The van der Waals surface area contributed by atoms with Gasteiger partial charge in [-0.05, 0) is 35.2 Å². The van der Waals surface area contributed by atoms with Crippen LogP contribution in [-0.4, -0.2) is 45.1 Å². The fourth-order valence-electron chi connectivity index (χ4n) is 4.29. The van der Waals surface area contributed by atoms with Crippen LogP contribution in [0.1, 0.15) is 38.3 Å². The number of hydrogen-bond donors (Lipinski definition) is 1. The predicted molar refractivity (Wildman–Crippen MR) is 126 cm³/mol. The van der Waals surface area contributed by atoms with Gasteiger partial charge >= 0.3 is 0 Å². The molecule has 0 spiro atoms. The lowest BCUT2D eigenvalue weighted by molar-refractivity contribution is -0.124. The van der Waals surface area contributed by atoms with Crippen molar-refractivity contribution in [2.75, 3.05) is 28.4 Å². The van der Waals surface area contributed by atoms with Crippen molar-refractivity contribution in [3.63, 3.8) is 0 Å². The molecule has 0 saturated carbocycles. The Labute approximate surface area is 196 Å². The lowest BCUT2D eigenvalue weighted by Crippen LogP contribution is -2.45. The number of hydrogen-bond acceptors (Lipinski definition) is 6. The van der Waals surface area contributed by atoms with E-state index in [0.29, 0.717) is 34.9 Å². The molecule has 7 nitrogen and oxygen atoms in total. The third-order valence-corrected chi connectivity index (χ3v) is 6.88. The Morgan fingerprint density at radius 1 is 1.00 bits per heavy atom. The van der Waals surface area contributed by atoms with Crippen LogP contribution < -0.4 is 19.5 Å². The van der Waals surface area contributed by atoms with Crippen LogP contribution in [-0.2, 0) is 11.3 Å². The Morgan fingerprint density at radius 2 is 1.70 bits per heavy atom. The van der Waals surface area contributed by atoms with Gasteiger partial charge in [-0.2, -0.15) is 0 Å². The Bertz CT molecular complexity index is 1160. The van der Waals surface area contributed by atoms with E-state index in [2.05, 4.69) is 5.32 Å². The molecule has 0 bridgehead atoms. The van der Waals surface area contributed by atoms with E-state index in [1.807, 2.05) is 41.8 Å². The Kier molecular flexibility index (Phi) is 6.55. The normalized spacial score (nSPS) is 17.3. The lowest BCUT2D eigenvalue weighted by atomic mass is 9.81. The van der Waals surface area contributed by atoms with Crippen LogP contribution in [0.25, 0.3) is 0 Å². The summed E-state index contributed by atoms with van der Waals surface area (Å²) in [5, 5.41) is 5.00. The molecule has 172 valence electrons. The number of likely N-dealkylation sites (N-methyl/N-ethyl adjacent to an activating group) is 1. The fourth-order valence-corrected chi connectivity index (χ4v) is 5.19. The summed E-state index contributed by atoms with van der Waals surface area (Å²) in [6.45, 7) is 0.302. The molecule has 1 aromatic heterocycles. The van der Waals surface area contributed by atoms with E-state index >= 15 is 0 Å². The first kappa shape index (κ1) is 22.7. The van der Waals surface area contributed by atoms with Crippen molar-refractivity contribution in [3.8, 4) is 17.2 Å². The molecule has 1 aliphatic rings. The molecule has 8 heteroatoms. The monoisotopic (exact) mass is 466 g/mol. The number of fused-ring (bicyclic) bond motifs is 1. The number of carbonyl (C=O) groups excluding carboxylic acids is 2. The van der Waals surface area contributed by atoms with Gasteiger partial charge in [0.15, 0.2) is 11.5 Å². The van der Waals surface area contributed by atoms with Crippen LogP contribution in [0.3, 0.4) is 0 Å². The van der Waals surface area contributed by atoms with Crippen molar-refractivity contribution in [1.29, 1.82) is 0 Å². The average molecular weight is 467 g/mol. The first-order valence-electron chi connectivity index (χ1n) is 10.5. The highest BCUT2D eigenvalue weighted by molar-refractivity contribution is 7.10. The molecular weight excluding hydrogens is 440 g/mol. The molecular formula is C25H26N2O5S. The maximum atomic E-state index is 13.7. The summed E-state index contributed by atoms with van der Waals surface area (Å²) in [5.74, 6) is 0.637. The van der Waals surface area contributed by atoms with Crippen LogP contribution >= 0.6 is 11.3 Å². The third-order valence-electron chi connectivity index (χ3n) is 5.94. The molecule has 0 radical (unpaired) electrons. The van der Waals surface area contributed by atoms with E-state index in [0.717, 1.165) is 10.4 Å². The molecule has 2 aromatic carbocycles. The van der Waals surface area contributed by atoms with Crippen LogP contribution in [0.5, 0.6) is 17.2 Å². The maximum absolute atomic E-state index is 13.7. The lowest BCUT2D eigenvalue weighted by Gasteiger charge is -2.39. The summed E-state index contributed by atoms with van der Waals surface area (Å²) in [4.78, 5) is 29.6. The van der Waals surface area contributed by atoms with Crippen molar-refractivity contribution < 1.29 is 23.8 Å². The molecule has 2 heterocycles. The molecule has 1 aliphatic heterocycles. The molecule has 1 N–H and O–H groups in total. The summed E-state index contributed by atoms with van der Waals surface area (Å²) in [6, 6.07) is 14.4. The molecule has 3 aromatic rings. The summed E-state index contributed by atoms with van der Waals surface area (Å²) in [5.41, 5.74) is 1.92. The number of para-hydroxylation sites is 1. The summed E-state index contributed by atoms with van der Waals surface area (Å²) < 4.78 is 16.3. The predicted octanol–water partition coefficient (Wildman–Crippen LogP) is 4.00. The second-order valence-electron chi connectivity index (χ2n) is 7.68. The van der Waals surface area contributed by atoms with Gasteiger partial charge in [-0.25, -0.2) is 0 Å². The Hall–Kier alpha value is -3.52. The van der Waals surface area contributed by atoms with Gasteiger partial charge in [0.05, 0.1) is 33.3 Å². The fraction of sp³-hybridized carbons (Fsp3) is 0.280. The Morgan fingerprint density at radius 3 is 2.36 bits per heavy atom. The standard InChI is InChI=1S/C25H26N2O5S/c1-27-23(21-10-7-11-33-21)22(24(28)26-14-15-8-5-6-9-18(15)30-2)16-12-19(31-3)20(32-4)13-17(16)25(27)29/h5-13,22-23H,14H2,1-4H3,(H,26,28). The molecule has 0 fully saturated rings. The number of thiophene rings is 1. The highest BCUT2D eigenvalue weighted by atomic mass is 32.1. The van der Waals surface area contributed by atoms with Crippen LogP contribution in [0, 0.1) is 0 Å². The number of nitrogens with one attached hydrogen (secondary N) is 1. The molecule has 2 unspecified atom stereocenters. The van der Waals surface area contributed by atoms with Gasteiger partial charge in [0.1, 0.15) is 5.75 Å². The number of amides is 2. The first-order chi connectivity index (χ1) is 16.0. The zero-order valence-electron chi connectivity index (χ0n) is 19.0. The van der Waals surface area contributed by atoms with E-state index in [9.17, 15) is 9.59 Å². The molecule has 4 rings (SSSR count). The van der Waals surface area contributed by atoms with Gasteiger partial charge in [0.25, 0.3) is 5.91 Å². The van der Waals surface area contributed by atoms with Crippen molar-refractivity contribution >= 4 is 23.2 Å². The van der Waals surface area contributed by atoms with E-state index in [1.165, 1.54) is 25.6 Å². The topological polar surface area (TPSA) is 77.1 Å². The number of ether oxygens (including phenoxy) is 3. The minimum atomic E-state index is -0.629. The first-order valence-corrected chi connectivity index (χ1v) is 11.3. The van der Waals surface area contributed by atoms with Gasteiger partial charge < -0.3 is 24.4 Å². The SMILES string of the molecule is COc1ccccc1CNC(=O)C1c2cc(OC)c(OC)cc2C(=O)N(C)C1c1cccs1. The number of nitrogens with zero attached hydrogens (tertiary/aromatic N) is 1. The maximum Gasteiger partial charge on any atom is 0.254 e. The summed E-state index contributed by atoms with van der Waals surface area (Å²) in [7, 11) is 6.39. The van der Waals surface area contributed by atoms with Gasteiger partial charge in [-0.15, -0.1) is 11.3 Å². The molecule has 2 atom stereocenters. The zero-order chi connectivity index (χ0) is 23.5. The number of rotatable bonds is 7. The quantitative estimate of drug-likeness (QED) is 0.570. The minimum Gasteiger partial charge on any atom is -0.496 e. The molecule has 2 amide bonds. The van der Waals surface area contributed by atoms with E-state index in [1.54, 1.807) is 31.2 Å². The average Bonchev–Trinajstić information content (AvgIpc) is 3.38. The number of carbonyl (C=O) groups is 2. The smallest absolute Gasteiger partial charge is 0.254 e. The summed E-state index contributed by atoms with van der Waals surface area (Å²) >= 11 is 1.52. The van der Waals surface area contributed by atoms with Gasteiger partial charge in [-0.1, -0.05) is 24.3 Å². The van der Waals surface area contributed by atoms with Gasteiger partial charge in [0, 0.05) is 29.6 Å².